The van der Waals surface area contributed by atoms with E-state index in [0.717, 1.165) is 22.0 Å². The summed E-state index contributed by atoms with van der Waals surface area (Å²) in [5, 5.41) is 19.1. The Hall–Kier alpha value is -3.04. The first-order valence-corrected chi connectivity index (χ1v) is 13.1. The normalized spacial score (nSPS) is 20.5. The number of rotatable bonds is 4. The minimum atomic E-state index is -0.650. The summed E-state index contributed by atoms with van der Waals surface area (Å²) in [6.45, 7) is 18.6. The summed E-state index contributed by atoms with van der Waals surface area (Å²) in [6, 6.07) is -0.681. The van der Waals surface area contributed by atoms with Gasteiger partial charge in [-0.2, -0.15) is 0 Å². The lowest BCUT2D eigenvalue weighted by Gasteiger charge is -2.34. The van der Waals surface area contributed by atoms with Gasteiger partial charge in [0.2, 0.25) is 0 Å². The molecule has 4 amide bonds. The Labute approximate surface area is 226 Å². The van der Waals surface area contributed by atoms with E-state index in [-0.39, 0.29) is 23.6 Å². The number of hydrogen-bond donors (Lipinski definition) is 2. The predicted octanol–water partition coefficient (Wildman–Crippen LogP) is 6.02. The molecule has 38 heavy (non-hydrogen) atoms. The van der Waals surface area contributed by atoms with Crippen molar-refractivity contribution >= 4 is 24.0 Å². The topological polar surface area (TPSA) is 134 Å². The van der Waals surface area contributed by atoms with E-state index < -0.39 is 35.2 Å². The summed E-state index contributed by atoms with van der Waals surface area (Å²) in [4.78, 5) is 50.2. The molecule has 0 saturated heterocycles. The van der Waals surface area contributed by atoms with Gasteiger partial charge in [-0.1, -0.05) is 27.7 Å². The molecule has 2 N–H and O–H groups in total. The molecule has 10 heteroatoms. The number of aliphatic hydroxyl groups is 2. The van der Waals surface area contributed by atoms with Crippen molar-refractivity contribution in [2.24, 2.45) is 11.8 Å². The zero-order valence-corrected chi connectivity index (χ0v) is 24.5. The van der Waals surface area contributed by atoms with Crippen LogP contribution in [-0.4, -0.2) is 67.3 Å². The molecule has 0 unspecified atom stereocenters. The van der Waals surface area contributed by atoms with Gasteiger partial charge < -0.3 is 19.7 Å². The molecule has 0 aromatic heterocycles. The van der Waals surface area contributed by atoms with Crippen molar-refractivity contribution in [1.82, 2.24) is 9.80 Å². The van der Waals surface area contributed by atoms with Crippen LogP contribution in [0.5, 0.6) is 0 Å². The second-order valence-corrected chi connectivity index (χ2v) is 12.6. The fraction of sp³-hybridized carbons (Fsp3) is 0.714. The molecule has 0 fully saturated rings. The Bertz CT molecular complexity index is 861. The van der Waals surface area contributed by atoms with E-state index in [2.05, 4.69) is 0 Å². The van der Waals surface area contributed by atoms with Crippen LogP contribution < -0.4 is 0 Å². The van der Waals surface area contributed by atoms with E-state index >= 15 is 0 Å². The lowest BCUT2D eigenvalue weighted by molar-refractivity contribution is -0.130. The molecule has 10 nitrogen and oxygen atoms in total. The number of ether oxygens (including phenoxy) is 2. The molecular formula is C28H46N2O8. The number of hydrogen-bond acceptors (Lipinski definition) is 8. The van der Waals surface area contributed by atoms with E-state index in [4.69, 9.17) is 9.47 Å². The number of amides is 4. The molecular weight excluding hydrogens is 492 g/mol. The molecule has 0 saturated carbocycles. The van der Waals surface area contributed by atoms with Crippen molar-refractivity contribution < 1.29 is 38.9 Å². The average molecular weight is 539 g/mol. The van der Waals surface area contributed by atoms with Gasteiger partial charge >= 0.3 is 12.2 Å². The monoisotopic (exact) mass is 538 g/mol. The Morgan fingerprint density at radius 2 is 1.05 bits per heavy atom. The zero-order chi connectivity index (χ0) is 29.6. The van der Waals surface area contributed by atoms with E-state index in [1.54, 1.807) is 41.5 Å². The summed E-state index contributed by atoms with van der Waals surface area (Å²) in [7, 11) is 0. The zero-order valence-electron chi connectivity index (χ0n) is 24.5. The maximum Gasteiger partial charge on any atom is 0.417 e. The van der Waals surface area contributed by atoms with Crippen molar-refractivity contribution in [1.29, 1.82) is 0 Å². The molecule has 2 aliphatic rings. The highest BCUT2D eigenvalue weighted by molar-refractivity contribution is 6.00. The van der Waals surface area contributed by atoms with Crippen LogP contribution in [0, 0.1) is 11.8 Å². The van der Waals surface area contributed by atoms with Crippen LogP contribution in [0.3, 0.4) is 0 Å². The summed E-state index contributed by atoms with van der Waals surface area (Å²) >= 11 is 0. The van der Waals surface area contributed by atoms with Crippen molar-refractivity contribution in [2.45, 2.75) is 118 Å². The van der Waals surface area contributed by atoms with E-state index in [1.165, 1.54) is 0 Å². The van der Waals surface area contributed by atoms with Crippen LogP contribution in [0.25, 0.3) is 0 Å². The van der Waals surface area contributed by atoms with Crippen LogP contribution in [0.1, 0.15) is 94.9 Å². The highest BCUT2D eigenvalue weighted by Crippen LogP contribution is 2.26. The Morgan fingerprint density at radius 1 is 0.763 bits per heavy atom. The molecule has 0 bridgehead atoms. The second-order valence-electron chi connectivity index (χ2n) is 12.6. The smallest absolute Gasteiger partial charge is 0.417 e. The SMILES string of the molecule is CC(C)C[C@H]1CC(O)=CC(=O)N1C(=O)OC(C)(C)C.CC(C)C[C@H]1CC(O)=CC(=O)N1C(=O)OC(C)(C)C. The molecule has 0 radical (unpaired) electrons. The van der Waals surface area contributed by atoms with Gasteiger partial charge in [-0.15, -0.1) is 0 Å². The van der Waals surface area contributed by atoms with E-state index in [0.29, 0.717) is 37.5 Å². The number of carbonyl (C=O) groups excluding carboxylic acids is 4. The first-order valence-electron chi connectivity index (χ1n) is 13.1. The first kappa shape index (κ1) is 33.0. The van der Waals surface area contributed by atoms with Gasteiger partial charge in [0.1, 0.15) is 11.2 Å². The summed E-state index contributed by atoms with van der Waals surface area (Å²) in [5.41, 5.74) is -1.30. The number of carbonyl (C=O) groups is 4. The molecule has 0 aliphatic carbocycles. The van der Waals surface area contributed by atoms with E-state index in [9.17, 15) is 29.4 Å². The molecule has 216 valence electrons. The fourth-order valence-corrected chi connectivity index (χ4v) is 4.13. The maximum atomic E-state index is 12.1. The van der Waals surface area contributed by atoms with Gasteiger partial charge in [-0.25, -0.2) is 19.4 Å². The number of nitrogens with zero attached hydrogens (tertiary/aromatic N) is 2. The highest BCUT2D eigenvalue weighted by Gasteiger charge is 2.37. The lowest BCUT2D eigenvalue weighted by Crippen LogP contribution is -2.49. The summed E-state index contributed by atoms with van der Waals surface area (Å²) in [6.07, 6.45) is 2.75. The van der Waals surface area contributed by atoms with Crippen LogP contribution in [0.15, 0.2) is 23.7 Å². The van der Waals surface area contributed by atoms with Crippen molar-refractivity contribution in [3.05, 3.63) is 23.7 Å². The maximum absolute atomic E-state index is 12.1. The third kappa shape index (κ3) is 11.1. The largest absolute Gasteiger partial charge is 0.512 e. The molecule has 2 aliphatic heterocycles. The van der Waals surface area contributed by atoms with Crippen molar-refractivity contribution in [3.63, 3.8) is 0 Å². The summed E-state index contributed by atoms with van der Waals surface area (Å²) in [5.74, 6) is -0.347. The van der Waals surface area contributed by atoms with Crippen molar-refractivity contribution in [2.75, 3.05) is 0 Å². The molecule has 2 heterocycles. The van der Waals surface area contributed by atoms with Crippen LogP contribution in [0.2, 0.25) is 0 Å². The quantitative estimate of drug-likeness (QED) is 0.444. The highest BCUT2D eigenvalue weighted by atomic mass is 16.6. The minimum Gasteiger partial charge on any atom is -0.512 e. The molecule has 0 spiro atoms. The minimum absolute atomic E-state index is 0.0236. The third-order valence-electron chi connectivity index (χ3n) is 5.34. The van der Waals surface area contributed by atoms with Gasteiger partial charge in [0.25, 0.3) is 11.8 Å². The van der Waals surface area contributed by atoms with Crippen LogP contribution in [0.4, 0.5) is 9.59 Å². The first-order chi connectivity index (χ1) is 17.2. The van der Waals surface area contributed by atoms with Gasteiger partial charge in [0.15, 0.2) is 0 Å². The number of imide groups is 2. The number of aliphatic hydroxyl groups excluding tert-OH is 2. The van der Waals surface area contributed by atoms with Crippen LogP contribution in [-0.2, 0) is 19.1 Å². The summed E-state index contributed by atoms with van der Waals surface area (Å²) < 4.78 is 10.5. The standard InChI is InChI=1S/2C14H23NO4/c2*1-9(2)6-10-7-11(16)8-12(17)15(10)13(18)19-14(3,4)5/h2*8-10,16H,6-7H2,1-5H3/t2*10-/m00/s1. The van der Waals surface area contributed by atoms with Gasteiger partial charge in [0, 0.05) is 25.0 Å². The second kappa shape index (κ2) is 13.2. The Morgan fingerprint density at radius 3 is 1.29 bits per heavy atom. The lowest BCUT2D eigenvalue weighted by atomic mass is 9.96. The Balaban J connectivity index is 0.000000380. The third-order valence-corrected chi connectivity index (χ3v) is 5.34. The van der Waals surface area contributed by atoms with Gasteiger partial charge in [-0.05, 0) is 66.2 Å². The molecule has 0 aromatic carbocycles. The Kier molecular flexibility index (Phi) is 11.4. The molecule has 0 aromatic rings. The van der Waals surface area contributed by atoms with E-state index in [1.807, 2.05) is 27.7 Å². The van der Waals surface area contributed by atoms with Crippen molar-refractivity contribution in [3.8, 4) is 0 Å². The fourth-order valence-electron chi connectivity index (χ4n) is 4.13. The van der Waals surface area contributed by atoms with Gasteiger partial charge in [-0.3, -0.25) is 9.59 Å². The van der Waals surface area contributed by atoms with Crippen LogP contribution >= 0.6 is 0 Å². The molecule has 2 rings (SSSR count). The van der Waals surface area contributed by atoms with Gasteiger partial charge in [0.05, 0.1) is 23.6 Å². The average Bonchev–Trinajstić information content (AvgIpc) is 2.63. The molecule has 2 atom stereocenters. The predicted molar refractivity (Wildman–Crippen MR) is 143 cm³/mol.